The molecule has 2 nitrogen and oxygen atoms in total. The highest BCUT2D eigenvalue weighted by atomic mass is 16.3. The number of benzene rings is 3. The molecule has 0 unspecified atom stereocenters. The fraction of sp³-hybridized carbons (Fsp3) is 0. The van der Waals surface area contributed by atoms with Crippen LogP contribution in [0.25, 0.3) is 44.1 Å². The molecule has 0 atom stereocenters. The van der Waals surface area contributed by atoms with E-state index < -0.39 is 60.4 Å². The lowest BCUT2D eigenvalue weighted by molar-refractivity contribution is 0.670. The largest absolute Gasteiger partial charge is 0.455 e. The van der Waals surface area contributed by atoms with E-state index in [1.54, 1.807) is 0 Å². The second-order valence-corrected chi connectivity index (χ2v) is 4.77. The van der Waals surface area contributed by atoms with Crippen LogP contribution in [-0.4, -0.2) is 4.98 Å². The van der Waals surface area contributed by atoms with Gasteiger partial charge in [-0.25, -0.2) is 4.98 Å². The highest BCUT2D eigenvalue weighted by Gasteiger charge is 2.12. The Morgan fingerprint density at radius 3 is 2.61 bits per heavy atom. The van der Waals surface area contributed by atoms with Gasteiger partial charge in [-0.05, 0) is 24.2 Å². The van der Waals surface area contributed by atoms with Gasteiger partial charge in [0.1, 0.15) is 11.2 Å². The molecule has 2 aromatic heterocycles. The zero-order valence-corrected chi connectivity index (χ0v) is 11.4. The fourth-order valence-corrected chi connectivity index (χ4v) is 2.42. The van der Waals surface area contributed by atoms with Crippen molar-refractivity contribution in [1.82, 2.24) is 4.98 Å². The number of para-hydroxylation sites is 3. The highest BCUT2D eigenvalue weighted by Crippen LogP contribution is 2.35. The molecule has 23 heavy (non-hydrogen) atoms. The minimum Gasteiger partial charge on any atom is -0.455 e. The van der Waals surface area contributed by atoms with Crippen LogP contribution in [0.5, 0.6) is 0 Å². The van der Waals surface area contributed by atoms with Gasteiger partial charge in [0.2, 0.25) is 0 Å². The number of nitrogens with zero attached hydrogens (tertiary/aromatic N) is 1. The van der Waals surface area contributed by atoms with Crippen molar-refractivity contribution in [3.8, 4) is 11.3 Å². The molecule has 0 spiro atoms. The summed E-state index contributed by atoms with van der Waals surface area (Å²) in [5.74, 6) is 0. The standard InChI is InChI=1S/C21H13NO/c1-3-10-18-14(6-1)12-13-19(22-18)17-9-5-8-16-15-7-2-4-11-20(15)23-21(16)17/h1-13H/i1D,2D,3D,4D,5D,6D,7D,8D,10D,11D,12D,13D. The zero-order chi connectivity index (χ0) is 25.7. The lowest BCUT2D eigenvalue weighted by Gasteiger charge is -2.04. The highest BCUT2D eigenvalue weighted by molar-refractivity contribution is 6.09. The predicted octanol–water partition coefficient (Wildman–Crippen LogP) is 5.80. The number of aromatic nitrogens is 1. The van der Waals surface area contributed by atoms with E-state index in [1.807, 2.05) is 0 Å². The van der Waals surface area contributed by atoms with Gasteiger partial charge >= 0.3 is 0 Å². The van der Waals surface area contributed by atoms with Gasteiger partial charge in [-0.3, -0.25) is 0 Å². The third kappa shape index (κ3) is 1.85. The maximum Gasteiger partial charge on any atom is 0.144 e. The molecule has 0 radical (unpaired) electrons. The van der Waals surface area contributed by atoms with Crippen LogP contribution in [0.3, 0.4) is 0 Å². The first-order valence-corrected chi connectivity index (χ1v) is 6.68. The van der Waals surface area contributed by atoms with Crippen LogP contribution < -0.4 is 0 Å². The van der Waals surface area contributed by atoms with E-state index in [0.29, 0.717) is 0 Å². The summed E-state index contributed by atoms with van der Waals surface area (Å²) >= 11 is 0. The SMILES string of the molecule is [2H]c1cc(-c2nc3c([2H])c([2H])c([2H])c([2H])c3c([2H])c2[2H])c2oc3c([2H])c([2H])c([2H])c([2H])c3c2c1[2H]. The summed E-state index contributed by atoms with van der Waals surface area (Å²) in [7, 11) is 0. The number of furan rings is 1. The van der Waals surface area contributed by atoms with Crippen molar-refractivity contribution in [3.05, 3.63) is 78.6 Å². The molecule has 0 amide bonds. The number of fused-ring (bicyclic) bond motifs is 4. The number of pyridine rings is 1. The summed E-state index contributed by atoms with van der Waals surface area (Å²) in [5.41, 5.74) is -0.954. The van der Waals surface area contributed by atoms with Crippen LogP contribution in [0.4, 0.5) is 0 Å². The van der Waals surface area contributed by atoms with Gasteiger partial charge in [0.05, 0.1) is 27.7 Å². The Morgan fingerprint density at radius 1 is 0.783 bits per heavy atom. The lowest BCUT2D eigenvalue weighted by atomic mass is 10.1. The van der Waals surface area contributed by atoms with Crippen LogP contribution in [0, 0.1) is 0 Å². The van der Waals surface area contributed by atoms with E-state index in [2.05, 4.69) is 4.98 Å². The first-order chi connectivity index (χ1) is 16.4. The maximum atomic E-state index is 8.51. The first kappa shape index (κ1) is 5.50. The van der Waals surface area contributed by atoms with Crippen molar-refractivity contribution in [2.24, 2.45) is 0 Å². The number of hydrogen-bond acceptors (Lipinski definition) is 2. The molecular formula is C21H13NO. The van der Waals surface area contributed by atoms with Gasteiger partial charge in [0.15, 0.2) is 0 Å². The van der Waals surface area contributed by atoms with Crippen LogP contribution in [0.15, 0.2) is 83.0 Å². The molecule has 0 N–H and O–H groups in total. The van der Waals surface area contributed by atoms with Crippen molar-refractivity contribution < 1.29 is 20.9 Å². The van der Waals surface area contributed by atoms with Crippen LogP contribution in [0.2, 0.25) is 0 Å². The Bertz CT molecular complexity index is 1780. The molecule has 2 heterocycles. The summed E-state index contributed by atoms with van der Waals surface area (Å²) < 4.78 is 104. The van der Waals surface area contributed by atoms with Crippen molar-refractivity contribution >= 4 is 32.8 Å². The van der Waals surface area contributed by atoms with E-state index in [4.69, 9.17) is 20.9 Å². The Hall–Kier alpha value is -3.13. The molecule has 108 valence electrons. The topological polar surface area (TPSA) is 26.0 Å². The van der Waals surface area contributed by atoms with Crippen LogP contribution in [-0.2, 0) is 0 Å². The molecular weight excluding hydrogens is 282 g/mol. The van der Waals surface area contributed by atoms with E-state index in [9.17, 15) is 0 Å². The molecule has 0 bridgehead atoms. The van der Waals surface area contributed by atoms with Crippen molar-refractivity contribution in [3.63, 3.8) is 0 Å². The van der Waals surface area contributed by atoms with E-state index >= 15 is 0 Å². The number of rotatable bonds is 1. The molecule has 5 aromatic rings. The minimum atomic E-state index is -0.571. The van der Waals surface area contributed by atoms with Gasteiger partial charge in [0.25, 0.3) is 0 Å². The summed E-state index contributed by atoms with van der Waals surface area (Å²) in [6.45, 7) is 0. The monoisotopic (exact) mass is 307 g/mol. The number of hydrogen-bond donors (Lipinski definition) is 0. The summed E-state index contributed by atoms with van der Waals surface area (Å²) in [5, 5.41) is -0.433. The maximum absolute atomic E-state index is 8.51. The third-order valence-electron chi connectivity index (χ3n) is 3.44. The van der Waals surface area contributed by atoms with E-state index in [1.165, 1.54) is 0 Å². The lowest BCUT2D eigenvalue weighted by Crippen LogP contribution is -1.85. The molecule has 3 aromatic carbocycles. The van der Waals surface area contributed by atoms with Gasteiger partial charge in [-0.15, -0.1) is 0 Å². The predicted molar refractivity (Wildman–Crippen MR) is 94.5 cm³/mol. The molecule has 0 aliphatic heterocycles. The molecule has 0 saturated carbocycles. The average molecular weight is 307 g/mol. The Balaban J connectivity index is 2.01. The van der Waals surface area contributed by atoms with Crippen LogP contribution in [0.1, 0.15) is 16.4 Å². The molecule has 5 rings (SSSR count). The Morgan fingerprint density at radius 2 is 1.61 bits per heavy atom. The molecule has 2 heteroatoms. The second kappa shape index (κ2) is 4.68. The van der Waals surface area contributed by atoms with Gasteiger partial charge in [-0.2, -0.15) is 0 Å². The van der Waals surface area contributed by atoms with Crippen molar-refractivity contribution in [2.75, 3.05) is 0 Å². The molecule has 0 fully saturated rings. The average Bonchev–Trinajstić information content (AvgIpc) is 3.24. The minimum absolute atomic E-state index is 0.0538. The normalized spacial score (nSPS) is 18.8. The van der Waals surface area contributed by atoms with Crippen LogP contribution >= 0.6 is 0 Å². The first-order valence-electron chi connectivity index (χ1n) is 12.7. The van der Waals surface area contributed by atoms with E-state index in [-0.39, 0.29) is 56.2 Å². The van der Waals surface area contributed by atoms with Crippen molar-refractivity contribution in [2.45, 2.75) is 0 Å². The summed E-state index contributed by atoms with van der Waals surface area (Å²) in [6.07, 6.45) is 0. The second-order valence-electron chi connectivity index (χ2n) is 4.77. The van der Waals surface area contributed by atoms with Gasteiger partial charge in [0, 0.05) is 21.7 Å². The summed E-state index contributed by atoms with van der Waals surface area (Å²) in [4.78, 5) is 4.25. The third-order valence-corrected chi connectivity index (χ3v) is 3.44. The Kier molecular flexibility index (Phi) is 1.12. The van der Waals surface area contributed by atoms with E-state index in [0.717, 1.165) is 6.07 Å². The molecule has 0 aliphatic carbocycles. The zero-order valence-electron chi connectivity index (χ0n) is 23.4. The molecule has 0 saturated heterocycles. The summed E-state index contributed by atoms with van der Waals surface area (Å²) in [6, 6.07) is -4.81. The molecule has 0 aliphatic rings. The fourth-order valence-electron chi connectivity index (χ4n) is 2.42. The van der Waals surface area contributed by atoms with Gasteiger partial charge < -0.3 is 4.42 Å². The van der Waals surface area contributed by atoms with Gasteiger partial charge in [-0.1, -0.05) is 54.4 Å². The Labute approximate surface area is 149 Å². The van der Waals surface area contributed by atoms with Crippen molar-refractivity contribution in [1.29, 1.82) is 0 Å². The quantitative estimate of drug-likeness (QED) is 0.391. The smallest absolute Gasteiger partial charge is 0.144 e.